The molecule has 0 atom stereocenters. The fraction of sp³-hybridized carbons (Fsp3) is 0.750. The van der Waals surface area contributed by atoms with Crippen molar-refractivity contribution < 1.29 is 0 Å². The van der Waals surface area contributed by atoms with Crippen LogP contribution in [0.2, 0.25) is 0 Å². The van der Waals surface area contributed by atoms with Gasteiger partial charge in [-0.1, -0.05) is 26.7 Å². The summed E-state index contributed by atoms with van der Waals surface area (Å²) < 4.78 is 1.99. The maximum Gasteiger partial charge on any atom is 0.191 e. The Bertz CT molecular complexity index is 481. The van der Waals surface area contributed by atoms with Gasteiger partial charge in [-0.2, -0.15) is 5.10 Å². The van der Waals surface area contributed by atoms with Gasteiger partial charge in [-0.25, -0.2) is 4.99 Å². The third kappa shape index (κ3) is 3.77. The Morgan fingerprint density at radius 2 is 1.81 bits per heavy atom. The smallest absolute Gasteiger partial charge is 0.191 e. The normalized spacial score (nSPS) is 17.1. The molecule has 1 aromatic heterocycles. The molecule has 0 unspecified atom stereocenters. The van der Waals surface area contributed by atoms with E-state index in [0.29, 0.717) is 12.5 Å². The van der Waals surface area contributed by atoms with Crippen molar-refractivity contribution in [3.05, 3.63) is 17.0 Å². The highest BCUT2D eigenvalue weighted by Gasteiger charge is 2.15. The van der Waals surface area contributed by atoms with Crippen LogP contribution in [0.5, 0.6) is 0 Å². The van der Waals surface area contributed by atoms with Crippen molar-refractivity contribution in [2.75, 3.05) is 13.1 Å². The van der Waals surface area contributed by atoms with Crippen LogP contribution in [0.25, 0.3) is 0 Å². The summed E-state index contributed by atoms with van der Waals surface area (Å²) >= 11 is 0. The van der Waals surface area contributed by atoms with Crippen LogP contribution in [0.1, 0.15) is 56.5 Å². The lowest BCUT2D eigenvalue weighted by molar-refractivity contribution is 0.428. The number of likely N-dealkylation sites (tertiary alicyclic amines) is 1. The first-order valence-corrected chi connectivity index (χ1v) is 8.25. The minimum absolute atomic E-state index is 0.655. The molecule has 0 aliphatic carbocycles. The number of aromatic nitrogens is 2. The van der Waals surface area contributed by atoms with E-state index in [1.165, 1.54) is 36.9 Å². The van der Waals surface area contributed by atoms with Gasteiger partial charge in [0.05, 0.1) is 12.2 Å². The summed E-state index contributed by atoms with van der Waals surface area (Å²) in [5, 5.41) is 4.60. The van der Waals surface area contributed by atoms with Crippen molar-refractivity contribution in [3.8, 4) is 0 Å². The van der Waals surface area contributed by atoms with Crippen molar-refractivity contribution in [3.63, 3.8) is 0 Å². The summed E-state index contributed by atoms with van der Waals surface area (Å²) in [6, 6.07) is 0. The van der Waals surface area contributed by atoms with E-state index in [1.807, 2.05) is 11.7 Å². The van der Waals surface area contributed by atoms with Crippen molar-refractivity contribution in [1.29, 1.82) is 0 Å². The summed E-state index contributed by atoms with van der Waals surface area (Å²) in [5.74, 6) is 0.699. The predicted octanol–water partition coefficient (Wildman–Crippen LogP) is 2.24. The lowest BCUT2D eigenvalue weighted by Crippen LogP contribution is -2.38. The number of nitrogens with two attached hydrogens (primary N) is 1. The van der Waals surface area contributed by atoms with Gasteiger partial charge in [-0.15, -0.1) is 0 Å². The Morgan fingerprint density at radius 3 is 2.38 bits per heavy atom. The van der Waals surface area contributed by atoms with E-state index >= 15 is 0 Å². The van der Waals surface area contributed by atoms with Gasteiger partial charge in [0.15, 0.2) is 5.96 Å². The van der Waals surface area contributed by atoms with Gasteiger partial charge in [0.25, 0.3) is 0 Å². The molecule has 0 aromatic carbocycles. The standard InChI is InChI=1S/C16H29N5/c1-4-14-13(15(5-2)20(3)19-14)12-18-16(17)21-10-8-6-7-9-11-21/h4-12H2,1-3H3,(H2,17,18). The second-order valence-electron chi connectivity index (χ2n) is 5.78. The highest BCUT2D eigenvalue weighted by Crippen LogP contribution is 2.17. The fourth-order valence-corrected chi connectivity index (χ4v) is 3.13. The summed E-state index contributed by atoms with van der Waals surface area (Å²) in [7, 11) is 2.02. The Hall–Kier alpha value is -1.52. The minimum Gasteiger partial charge on any atom is -0.370 e. The molecule has 5 nitrogen and oxygen atoms in total. The first kappa shape index (κ1) is 15.9. The van der Waals surface area contributed by atoms with Crippen LogP contribution in [0, 0.1) is 0 Å². The number of rotatable bonds is 4. The Kier molecular flexibility index (Phi) is 5.65. The summed E-state index contributed by atoms with van der Waals surface area (Å²) in [6.07, 6.45) is 7.01. The maximum atomic E-state index is 6.20. The van der Waals surface area contributed by atoms with Crippen LogP contribution in [-0.4, -0.2) is 33.7 Å². The maximum absolute atomic E-state index is 6.20. The van der Waals surface area contributed by atoms with Gasteiger partial charge in [0.1, 0.15) is 0 Å². The quantitative estimate of drug-likeness (QED) is 0.683. The van der Waals surface area contributed by atoms with E-state index in [0.717, 1.165) is 31.6 Å². The van der Waals surface area contributed by atoms with Crippen molar-refractivity contribution in [2.24, 2.45) is 17.8 Å². The van der Waals surface area contributed by atoms with Crippen LogP contribution in [0.4, 0.5) is 0 Å². The second-order valence-corrected chi connectivity index (χ2v) is 5.78. The molecule has 1 aliphatic heterocycles. The van der Waals surface area contributed by atoms with Gasteiger partial charge in [-0.05, 0) is 25.7 Å². The number of aryl methyl sites for hydroxylation is 2. The summed E-state index contributed by atoms with van der Waals surface area (Å²) in [4.78, 5) is 6.89. The van der Waals surface area contributed by atoms with Crippen LogP contribution >= 0.6 is 0 Å². The third-order valence-corrected chi connectivity index (χ3v) is 4.36. The van der Waals surface area contributed by atoms with Crippen molar-refractivity contribution in [1.82, 2.24) is 14.7 Å². The highest BCUT2D eigenvalue weighted by molar-refractivity contribution is 5.78. The first-order chi connectivity index (χ1) is 10.2. The van der Waals surface area contributed by atoms with Crippen molar-refractivity contribution >= 4 is 5.96 Å². The minimum atomic E-state index is 0.655. The summed E-state index contributed by atoms with van der Waals surface area (Å²) in [6.45, 7) is 7.06. The Labute approximate surface area is 128 Å². The number of hydrogen-bond acceptors (Lipinski definition) is 2. The average molecular weight is 291 g/mol. The monoisotopic (exact) mass is 291 g/mol. The van der Waals surface area contributed by atoms with Crippen LogP contribution in [-0.2, 0) is 26.4 Å². The number of nitrogens with zero attached hydrogens (tertiary/aromatic N) is 4. The van der Waals surface area contributed by atoms with E-state index in [2.05, 4.69) is 28.8 Å². The topological polar surface area (TPSA) is 59.4 Å². The first-order valence-electron chi connectivity index (χ1n) is 8.25. The molecule has 2 heterocycles. The molecule has 0 saturated carbocycles. The SMILES string of the molecule is CCc1nn(C)c(CC)c1CN=C(N)N1CCCCCC1. The van der Waals surface area contributed by atoms with Gasteiger partial charge >= 0.3 is 0 Å². The molecule has 1 aromatic rings. The zero-order valence-corrected chi connectivity index (χ0v) is 13.7. The predicted molar refractivity (Wildman–Crippen MR) is 87.3 cm³/mol. The number of aliphatic imine (C=N–C) groups is 1. The number of hydrogen-bond donors (Lipinski definition) is 1. The molecule has 0 spiro atoms. The van der Waals surface area contributed by atoms with Gasteiger partial charge in [-0.3, -0.25) is 4.68 Å². The molecular formula is C16H29N5. The molecule has 0 amide bonds. The van der Waals surface area contributed by atoms with Crippen LogP contribution in [0.3, 0.4) is 0 Å². The molecule has 1 fully saturated rings. The lowest BCUT2D eigenvalue weighted by atomic mass is 10.1. The van der Waals surface area contributed by atoms with Crippen molar-refractivity contribution in [2.45, 2.75) is 58.9 Å². The molecule has 0 radical (unpaired) electrons. The molecule has 5 heteroatoms. The van der Waals surface area contributed by atoms with Gasteiger partial charge in [0, 0.05) is 31.4 Å². The Morgan fingerprint density at radius 1 is 1.14 bits per heavy atom. The molecule has 118 valence electrons. The zero-order chi connectivity index (χ0) is 15.2. The van der Waals surface area contributed by atoms with Gasteiger partial charge in [0.2, 0.25) is 0 Å². The highest BCUT2D eigenvalue weighted by atomic mass is 15.3. The molecule has 1 saturated heterocycles. The van der Waals surface area contributed by atoms with Crippen LogP contribution in [0.15, 0.2) is 4.99 Å². The molecular weight excluding hydrogens is 262 g/mol. The third-order valence-electron chi connectivity index (χ3n) is 4.36. The molecule has 0 bridgehead atoms. The fourth-order valence-electron chi connectivity index (χ4n) is 3.13. The lowest BCUT2D eigenvalue weighted by Gasteiger charge is -2.21. The van der Waals surface area contributed by atoms with E-state index < -0.39 is 0 Å². The average Bonchev–Trinajstić information content (AvgIpc) is 2.68. The van der Waals surface area contributed by atoms with Gasteiger partial charge < -0.3 is 10.6 Å². The largest absolute Gasteiger partial charge is 0.370 e. The second kappa shape index (κ2) is 7.48. The van der Waals surface area contributed by atoms with E-state index in [1.54, 1.807) is 0 Å². The molecule has 2 N–H and O–H groups in total. The van der Waals surface area contributed by atoms with E-state index in [4.69, 9.17) is 5.73 Å². The molecule has 21 heavy (non-hydrogen) atoms. The van der Waals surface area contributed by atoms with E-state index in [-0.39, 0.29) is 0 Å². The zero-order valence-electron chi connectivity index (χ0n) is 13.7. The number of guanidine groups is 1. The molecule has 1 aliphatic rings. The molecule has 2 rings (SSSR count). The van der Waals surface area contributed by atoms with Crippen LogP contribution < -0.4 is 5.73 Å². The Balaban J connectivity index is 2.11. The van der Waals surface area contributed by atoms with E-state index in [9.17, 15) is 0 Å². The summed E-state index contributed by atoms with van der Waals surface area (Å²) in [5.41, 5.74) is 9.90.